The number of thiophene rings is 1. The molecule has 0 atom stereocenters. The van der Waals surface area contributed by atoms with Crippen LogP contribution < -0.4 is 10.9 Å². The van der Waals surface area contributed by atoms with Gasteiger partial charge in [0.2, 0.25) is 0 Å². The molecule has 2 aromatic heterocycles. The van der Waals surface area contributed by atoms with Gasteiger partial charge >= 0.3 is 0 Å². The lowest BCUT2D eigenvalue weighted by molar-refractivity contribution is 0.0955. The second-order valence-electron chi connectivity index (χ2n) is 6.80. The molecule has 6 heteroatoms. The maximum Gasteiger partial charge on any atom is 0.261 e. The van der Waals surface area contributed by atoms with Crippen LogP contribution in [0.4, 0.5) is 0 Å². The molecule has 0 aliphatic carbocycles. The highest BCUT2D eigenvalue weighted by Gasteiger charge is 2.14. The van der Waals surface area contributed by atoms with E-state index in [-0.39, 0.29) is 11.5 Å². The quantitative estimate of drug-likeness (QED) is 0.548. The van der Waals surface area contributed by atoms with Gasteiger partial charge in [0.25, 0.3) is 11.5 Å². The molecule has 3 rings (SSSR count). The summed E-state index contributed by atoms with van der Waals surface area (Å²) in [7, 11) is 0. The van der Waals surface area contributed by atoms with E-state index < -0.39 is 0 Å². The number of hydrogen-bond acceptors (Lipinski definition) is 4. The summed E-state index contributed by atoms with van der Waals surface area (Å²) in [6.45, 7) is 8.24. The first-order valence-corrected chi connectivity index (χ1v) is 10.5. The molecule has 1 aromatic carbocycles. The van der Waals surface area contributed by atoms with Gasteiger partial charge in [-0.05, 0) is 51.0 Å². The third-order valence-electron chi connectivity index (χ3n) is 4.64. The van der Waals surface area contributed by atoms with Gasteiger partial charge in [0.05, 0.1) is 10.3 Å². The standard InChI is InChI=1S/C21H27N3O2S/c1-3-11-24(12-4-2)13-7-10-22-21(26)18-14-16-19(27-18)15-8-5-6-9-17(15)23-20(16)25/h5-6,8-9,14H,3-4,7,10-13H2,1-2H3,(H,22,26)(H,23,25). The number of nitrogens with one attached hydrogen (secondary N) is 2. The number of aromatic amines is 1. The minimum atomic E-state index is -0.145. The van der Waals surface area contributed by atoms with Gasteiger partial charge < -0.3 is 15.2 Å². The molecule has 0 unspecified atom stereocenters. The van der Waals surface area contributed by atoms with Crippen LogP contribution in [0.3, 0.4) is 0 Å². The summed E-state index contributed by atoms with van der Waals surface area (Å²) in [6.07, 6.45) is 3.23. The molecule has 27 heavy (non-hydrogen) atoms. The number of aromatic nitrogens is 1. The largest absolute Gasteiger partial charge is 0.351 e. The fraction of sp³-hybridized carbons (Fsp3) is 0.429. The normalized spacial score (nSPS) is 11.5. The average molecular weight is 386 g/mol. The minimum absolute atomic E-state index is 0.0998. The van der Waals surface area contributed by atoms with Crippen LogP contribution in [-0.4, -0.2) is 42.0 Å². The van der Waals surface area contributed by atoms with Crippen LogP contribution in [0.15, 0.2) is 35.1 Å². The Morgan fingerprint density at radius 3 is 2.59 bits per heavy atom. The van der Waals surface area contributed by atoms with Gasteiger partial charge in [0.15, 0.2) is 0 Å². The van der Waals surface area contributed by atoms with Gasteiger partial charge in [0.1, 0.15) is 0 Å². The summed E-state index contributed by atoms with van der Waals surface area (Å²) in [6, 6.07) is 9.40. The van der Waals surface area contributed by atoms with Crippen molar-refractivity contribution in [1.82, 2.24) is 15.2 Å². The Hall–Kier alpha value is -2.18. The van der Waals surface area contributed by atoms with Crippen molar-refractivity contribution in [2.45, 2.75) is 33.1 Å². The van der Waals surface area contributed by atoms with E-state index in [4.69, 9.17) is 0 Å². The number of carbonyl (C=O) groups is 1. The summed E-state index contributed by atoms with van der Waals surface area (Å²) in [5.41, 5.74) is 0.657. The Morgan fingerprint density at radius 2 is 1.85 bits per heavy atom. The van der Waals surface area contributed by atoms with Crippen LogP contribution in [-0.2, 0) is 0 Å². The van der Waals surface area contributed by atoms with Crippen molar-refractivity contribution in [3.05, 3.63) is 45.6 Å². The number of fused-ring (bicyclic) bond motifs is 3. The molecule has 1 amide bonds. The van der Waals surface area contributed by atoms with E-state index in [0.717, 1.165) is 54.5 Å². The number of benzene rings is 1. The van der Waals surface area contributed by atoms with Crippen LogP contribution in [0.1, 0.15) is 42.8 Å². The number of H-pyrrole nitrogens is 1. The van der Waals surface area contributed by atoms with Gasteiger partial charge in [-0.25, -0.2) is 0 Å². The first-order chi connectivity index (χ1) is 13.1. The van der Waals surface area contributed by atoms with Crippen molar-refractivity contribution in [3.8, 4) is 0 Å². The van der Waals surface area contributed by atoms with E-state index in [1.807, 2.05) is 24.3 Å². The number of para-hydroxylation sites is 1. The Morgan fingerprint density at radius 1 is 1.11 bits per heavy atom. The number of amides is 1. The lowest BCUT2D eigenvalue weighted by Crippen LogP contribution is -2.30. The molecule has 0 saturated heterocycles. The van der Waals surface area contributed by atoms with Gasteiger partial charge in [-0.3, -0.25) is 9.59 Å². The molecule has 2 heterocycles. The van der Waals surface area contributed by atoms with Crippen molar-refractivity contribution >= 4 is 38.2 Å². The highest BCUT2D eigenvalue weighted by molar-refractivity contribution is 7.21. The lowest BCUT2D eigenvalue weighted by atomic mass is 10.2. The summed E-state index contributed by atoms with van der Waals surface area (Å²) in [4.78, 5) is 30.8. The van der Waals surface area contributed by atoms with E-state index in [2.05, 4.69) is 29.0 Å². The van der Waals surface area contributed by atoms with Crippen molar-refractivity contribution in [2.75, 3.05) is 26.2 Å². The van der Waals surface area contributed by atoms with E-state index in [1.54, 1.807) is 6.07 Å². The van der Waals surface area contributed by atoms with Crippen molar-refractivity contribution in [1.29, 1.82) is 0 Å². The second kappa shape index (κ2) is 9.15. The highest BCUT2D eigenvalue weighted by Crippen LogP contribution is 2.29. The smallest absolute Gasteiger partial charge is 0.261 e. The van der Waals surface area contributed by atoms with Gasteiger partial charge in [-0.2, -0.15) is 0 Å². The molecular formula is C21H27N3O2S. The monoisotopic (exact) mass is 385 g/mol. The van der Waals surface area contributed by atoms with Crippen LogP contribution in [0.5, 0.6) is 0 Å². The molecule has 2 N–H and O–H groups in total. The predicted octanol–water partition coefficient (Wildman–Crippen LogP) is 3.98. The van der Waals surface area contributed by atoms with Gasteiger partial charge in [0, 0.05) is 22.1 Å². The molecule has 0 spiro atoms. The number of rotatable bonds is 9. The average Bonchev–Trinajstić information content (AvgIpc) is 3.12. The Bertz CT molecular complexity index is 970. The third kappa shape index (κ3) is 4.57. The molecule has 0 aliphatic heterocycles. The van der Waals surface area contributed by atoms with Gasteiger partial charge in [-0.15, -0.1) is 11.3 Å². The van der Waals surface area contributed by atoms with Crippen LogP contribution in [0.25, 0.3) is 21.0 Å². The molecule has 5 nitrogen and oxygen atoms in total. The number of nitrogens with zero attached hydrogens (tertiary/aromatic N) is 1. The zero-order valence-corrected chi connectivity index (χ0v) is 16.8. The third-order valence-corrected chi connectivity index (χ3v) is 5.80. The van der Waals surface area contributed by atoms with Crippen LogP contribution in [0, 0.1) is 0 Å². The predicted molar refractivity (Wildman–Crippen MR) is 114 cm³/mol. The molecule has 0 bridgehead atoms. The van der Waals surface area contributed by atoms with Crippen molar-refractivity contribution in [3.63, 3.8) is 0 Å². The maximum atomic E-state index is 12.5. The minimum Gasteiger partial charge on any atom is -0.351 e. The Labute approximate surface area is 163 Å². The highest BCUT2D eigenvalue weighted by atomic mass is 32.1. The summed E-state index contributed by atoms with van der Waals surface area (Å²) < 4.78 is 0.872. The zero-order valence-electron chi connectivity index (χ0n) is 16.0. The number of pyridine rings is 1. The van der Waals surface area contributed by atoms with Crippen LogP contribution in [0.2, 0.25) is 0 Å². The maximum absolute atomic E-state index is 12.5. The van der Waals surface area contributed by atoms with E-state index in [9.17, 15) is 9.59 Å². The first-order valence-electron chi connectivity index (χ1n) is 9.69. The van der Waals surface area contributed by atoms with E-state index >= 15 is 0 Å². The Kier molecular flexibility index (Phi) is 6.63. The molecule has 3 aromatic rings. The number of hydrogen-bond donors (Lipinski definition) is 2. The molecule has 0 radical (unpaired) electrons. The van der Waals surface area contributed by atoms with Crippen LogP contribution >= 0.6 is 11.3 Å². The summed E-state index contributed by atoms with van der Waals surface area (Å²) >= 11 is 1.39. The molecule has 0 fully saturated rings. The summed E-state index contributed by atoms with van der Waals surface area (Å²) in [5, 5.41) is 4.56. The topological polar surface area (TPSA) is 65.2 Å². The molecule has 0 aliphatic rings. The lowest BCUT2D eigenvalue weighted by Gasteiger charge is -2.20. The number of carbonyl (C=O) groups excluding carboxylic acids is 1. The SMILES string of the molecule is CCCN(CCC)CCCNC(=O)c1cc2c(=O)[nH]c3ccccc3c2s1. The van der Waals surface area contributed by atoms with Crippen molar-refractivity contribution < 1.29 is 4.79 Å². The molecule has 144 valence electrons. The summed E-state index contributed by atoms with van der Waals surface area (Å²) in [5.74, 6) is -0.0998. The fourth-order valence-electron chi connectivity index (χ4n) is 3.41. The Balaban J connectivity index is 1.67. The molecular weight excluding hydrogens is 358 g/mol. The first kappa shape index (κ1) is 19.6. The molecule has 0 saturated carbocycles. The van der Waals surface area contributed by atoms with E-state index in [0.29, 0.717) is 16.8 Å². The van der Waals surface area contributed by atoms with Gasteiger partial charge in [-0.1, -0.05) is 32.0 Å². The van der Waals surface area contributed by atoms with E-state index in [1.165, 1.54) is 11.3 Å². The second-order valence-corrected chi connectivity index (χ2v) is 7.86. The van der Waals surface area contributed by atoms with Crippen molar-refractivity contribution in [2.24, 2.45) is 0 Å². The fourth-order valence-corrected chi connectivity index (χ4v) is 4.52. The zero-order chi connectivity index (χ0) is 19.2.